The van der Waals surface area contributed by atoms with Crippen molar-refractivity contribution in [3.63, 3.8) is 0 Å². The summed E-state index contributed by atoms with van der Waals surface area (Å²) in [7, 11) is 0. The van der Waals surface area contributed by atoms with Gasteiger partial charge in [0.25, 0.3) is 5.69 Å². The molecule has 1 N–H and O–H groups in total. The molecular weight excluding hydrogens is 364 g/mol. The van der Waals surface area contributed by atoms with E-state index in [1.165, 1.54) is 17.7 Å². The van der Waals surface area contributed by atoms with E-state index in [0.717, 1.165) is 50.6 Å². The van der Waals surface area contributed by atoms with Crippen LogP contribution in [-0.4, -0.2) is 55.8 Å². The Morgan fingerprint density at radius 1 is 1.26 bits per heavy atom. The fourth-order valence-corrected chi connectivity index (χ4v) is 3.40. The maximum absolute atomic E-state index is 10.7. The quantitative estimate of drug-likeness (QED) is 0.479. The van der Waals surface area contributed by atoms with Crippen LogP contribution in [0.1, 0.15) is 18.2 Å². The molecule has 144 valence electrons. The standard InChI is InChI=1S/C18H24N6O2S/c1-3-23-13-15(14(2)20-23)12-21-8-10-22(11-9-21)18(27)19-16-4-6-17(7-5-16)24(25)26/h4-7,13H,3,8-12H2,1-2H3,(H,19,27). The molecule has 1 fully saturated rings. The number of hydrogen-bond donors (Lipinski definition) is 1. The fourth-order valence-electron chi connectivity index (χ4n) is 3.10. The highest BCUT2D eigenvalue weighted by atomic mass is 32.1. The molecular formula is C18H24N6O2S. The van der Waals surface area contributed by atoms with E-state index >= 15 is 0 Å². The fraction of sp³-hybridized carbons (Fsp3) is 0.444. The van der Waals surface area contributed by atoms with Crippen molar-refractivity contribution in [2.24, 2.45) is 0 Å². The molecule has 0 radical (unpaired) electrons. The Labute approximate surface area is 163 Å². The predicted octanol–water partition coefficient (Wildman–Crippen LogP) is 2.63. The second-order valence-electron chi connectivity index (χ2n) is 6.59. The summed E-state index contributed by atoms with van der Waals surface area (Å²) in [6.45, 7) is 9.49. The summed E-state index contributed by atoms with van der Waals surface area (Å²) in [6.07, 6.45) is 2.13. The van der Waals surface area contributed by atoms with E-state index in [4.69, 9.17) is 12.2 Å². The van der Waals surface area contributed by atoms with Gasteiger partial charge in [0.15, 0.2) is 5.11 Å². The van der Waals surface area contributed by atoms with Gasteiger partial charge in [-0.3, -0.25) is 19.7 Å². The Balaban J connectivity index is 1.50. The molecule has 0 atom stereocenters. The van der Waals surface area contributed by atoms with Crippen molar-refractivity contribution in [2.75, 3.05) is 31.5 Å². The number of benzene rings is 1. The molecule has 1 aliphatic heterocycles. The monoisotopic (exact) mass is 388 g/mol. The molecule has 1 saturated heterocycles. The van der Waals surface area contributed by atoms with Crippen molar-refractivity contribution >= 4 is 28.7 Å². The molecule has 27 heavy (non-hydrogen) atoms. The zero-order valence-corrected chi connectivity index (χ0v) is 16.4. The topological polar surface area (TPSA) is 79.5 Å². The third-order valence-corrected chi connectivity index (χ3v) is 5.12. The molecule has 0 unspecified atom stereocenters. The van der Waals surface area contributed by atoms with Gasteiger partial charge in [-0.2, -0.15) is 5.10 Å². The number of nitro benzene ring substituents is 1. The molecule has 3 rings (SSSR count). The lowest BCUT2D eigenvalue weighted by Gasteiger charge is -2.36. The van der Waals surface area contributed by atoms with E-state index in [1.54, 1.807) is 12.1 Å². The van der Waals surface area contributed by atoms with E-state index in [2.05, 4.69) is 40.3 Å². The van der Waals surface area contributed by atoms with Crippen LogP contribution < -0.4 is 5.32 Å². The smallest absolute Gasteiger partial charge is 0.269 e. The zero-order chi connectivity index (χ0) is 19.4. The third-order valence-electron chi connectivity index (χ3n) is 4.75. The van der Waals surface area contributed by atoms with Crippen molar-refractivity contribution in [2.45, 2.75) is 26.9 Å². The molecule has 2 heterocycles. The SMILES string of the molecule is CCn1cc(CN2CCN(C(=S)Nc3ccc([N+](=O)[O-])cc3)CC2)c(C)n1. The van der Waals surface area contributed by atoms with E-state index in [-0.39, 0.29) is 5.69 Å². The summed E-state index contributed by atoms with van der Waals surface area (Å²) in [5.41, 5.74) is 3.20. The van der Waals surface area contributed by atoms with Gasteiger partial charge in [-0.1, -0.05) is 0 Å². The number of aromatic nitrogens is 2. The second kappa shape index (κ2) is 8.45. The molecule has 1 aromatic heterocycles. The first-order valence-electron chi connectivity index (χ1n) is 9.02. The zero-order valence-electron chi connectivity index (χ0n) is 15.6. The van der Waals surface area contributed by atoms with Crippen LogP contribution in [0.2, 0.25) is 0 Å². The normalized spacial score (nSPS) is 15.0. The lowest BCUT2D eigenvalue weighted by atomic mass is 10.2. The van der Waals surface area contributed by atoms with Crippen LogP contribution in [0.3, 0.4) is 0 Å². The van der Waals surface area contributed by atoms with Crippen molar-refractivity contribution in [1.29, 1.82) is 0 Å². The minimum Gasteiger partial charge on any atom is -0.346 e. The number of nitrogens with one attached hydrogen (secondary N) is 1. The number of hydrogen-bond acceptors (Lipinski definition) is 5. The largest absolute Gasteiger partial charge is 0.346 e. The number of aryl methyl sites for hydroxylation is 2. The van der Waals surface area contributed by atoms with E-state index in [1.807, 2.05) is 4.68 Å². The Kier molecular flexibility index (Phi) is 6.02. The minimum absolute atomic E-state index is 0.0711. The van der Waals surface area contributed by atoms with Crippen LogP contribution >= 0.6 is 12.2 Å². The van der Waals surface area contributed by atoms with E-state index in [0.29, 0.717) is 5.11 Å². The maximum atomic E-state index is 10.7. The molecule has 0 aliphatic carbocycles. The first-order chi connectivity index (χ1) is 13.0. The van der Waals surface area contributed by atoms with Crippen molar-refractivity contribution < 1.29 is 4.92 Å². The second-order valence-corrected chi connectivity index (χ2v) is 6.98. The molecule has 1 aromatic carbocycles. The molecule has 0 saturated carbocycles. The summed E-state index contributed by atoms with van der Waals surface area (Å²) in [6, 6.07) is 6.30. The number of nitrogens with zero attached hydrogens (tertiary/aromatic N) is 5. The third kappa shape index (κ3) is 4.81. The summed E-state index contributed by atoms with van der Waals surface area (Å²) in [4.78, 5) is 14.9. The first kappa shape index (κ1) is 19.2. The van der Waals surface area contributed by atoms with Crippen LogP contribution in [0.5, 0.6) is 0 Å². The molecule has 0 spiro atoms. The summed E-state index contributed by atoms with van der Waals surface area (Å²) < 4.78 is 1.98. The number of piperazine rings is 1. The van der Waals surface area contributed by atoms with Crippen LogP contribution in [0, 0.1) is 17.0 Å². The van der Waals surface area contributed by atoms with Gasteiger partial charge < -0.3 is 10.2 Å². The number of nitro groups is 1. The van der Waals surface area contributed by atoms with Crippen LogP contribution in [0.15, 0.2) is 30.5 Å². The number of non-ortho nitro benzene ring substituents is 1. The highest BCUT2D eigenvalue weighted by molar-refractivity contribution is 7.80. The van der Waals surface area contributed by atoms with Gasteiger partial charge in [-0.05, 0) is 38.2 Å². The van der Waals surface area contributed by atoms with Crippen molar-refractivity contribution in [1.82, 2.24) is 19.6 Å². The molecule has 1 aliphatic rings. The Hall–Kier alpha value is -2.52. The van der Waals surface area contributed by atoms with Crippen LogP contribution in [0.25, 0.3) is 0 Å². The number of rotatable bonds is 5. The Morgan fingerprint density at radius 2 is 1.93 bits per heavy atom. The highest BCUT2D eigenvalue weighted by Crippen LogP contribution is 2.17. The Bertz CT molecular complexity index is 812. The lowest BCUT2D eigenvalue weighted by molar-refractivity contribution is -0.384. The molecule has 2 aromatic rings. The van der Waals surface area contributed by atoms with E-state index in [9.17, 15) is 10.1 Å². The van der Waals surface area contributed by atoms with Gasteiger partial charge in [0.2, 0.25) is 0 Å². The maximum Gasteiger partial charge on any atom is 0.269 e. The summed E-state index contributed by atoms with van der Waals surface area (Å²) in [5, 5.41) is 19.0. The Morgan fingerprint density at radius 3 is 2.48 bits per heavy atom. The minimum atomic E-state index is -0.409. The van der Waals surface area contributed by atoms with Gasteiger partial charge in [-0.25, -0.2) is 0 Å². The first-order valence-corrected chi connectivity index (χ1v) is 9.42. The molecule has 9 heteroatoms. The summed E-state index contributed by atoms with van der Waals surface area (Å²) >= 11 is 5.50. The number of anilines is 1. The van der Waals surface area contributed by atoms with Crippen LogP contribution in [-0.2, 0) is 13.1 Å². The summed E-state index contributed by atoms with van der Waals surface area (Å²) in [5.74, 6) is 0. The number of thiocarbonyl (C=S) groups is 1. The van der Waals surface area contributed by atoms with Gasteiger partial charge in [-0.15, -0.1) is 0 Å². The van der Waals surface area contributed by atoms with Gasteiger partial charge in [0.05, 0.1) is 10.6 Å². The van der Waals surface area contributed by atoms with Gasteiger partial charge in [0.1, 0.15) is 0 Å². The van der Waals surface area contributed by atoms with Crippen LogP contribution in [0.4, 0.5) is 11.4 Å². The van der Waals surface area contributed by atoms with Gasteiger partial charge >= 0.3 is 0 Å². The van der Waals surface area contributed by atoms with Crippen molar-refractivity contribution in [3.05, 3.63) is 51.8 Å². The molecule has 8 nitrogen and oxygen atoms in total. The van der Waals surface area contributed by atoms with E-state index < -0.39 is 4.92 Å². The average Bonchev–Trinajstić information content (AvgIpc) is 3.02. The highest BCUT2D eigenvalue weighted by Gasteiger charge is 2.20. The van der Waals surface area contributed by atoms with Gasteiger partial charge in [0, 0.05) is 68.8 Å². The lowest BCUT2D eigenvalue weighted by Crippen LogP contribution is -2.49. The average molecular weight is 388 g/mol. The molecule has 0 bridgehead atoms. The molecule has 0 amide bonds. The van der Waals surface area contributed by atoms with Crippen molar-refractivity contribution in [3.8, 4) is 0 Å². The predicted molar refractivity (Wildman–Crippen MR) is 109 cm³/mol.